The summed E-state index contributed by atoms with van der Waals surface area (Å²) >= 11 is 0. The molecule has 0 spiro atoms. The van der Waals surface area contributed by atoms with Crippen molar-refractivity contribution in [1.29, 1.82) is 0 Å². The number of carbonyl (C=O) groups excluding carboxylic acids is 1. The molecule has 1 rings (SSSR count). The fourth-order valence-electron chi connectivity index (χ4n) is 1.11. The van der Waals surface area contributed by atoms with E-state index in [9.17, 15) is 4.79 Å². The molecule has 17 heavy (non-hydrogen) atoms. The van der Waals surface area contributed by atoms with Gasteiger partial charge in [0.1, 0.15) is 5.75 Å². The van der Waals surface area contributed by atoms with Crippen LogP contribution >= 0.6 is 0 Å². The van der Waals surface area contributed by atoms with Crippen LogP contribution in [0.3, 0.4) is 0 Å². The quantitative estimate of drug-likeness (QED) is 0.415. The highest BCUT2D eigenvalue weighted by Gasteiger charge is 2.07. The Morgan fingerprint density at radius 1 is 1.24 bits per heavy atom. The Morgan fingerprint density at radius 3 is 2.53 bits per heavy atom. The Bertz CT molecular complexity index is 332. The summed E-state index contributed by atoms with van der Waals surface area (Å²) in [6, 6.07) is 6.74. The normalized spacial score (nSPS) is 10.0. The van der Waals surface area contributed by atoms with Crippen molar-refractivity contribution in [2.45, 2.75) is 19.8 Å². The van der Waals surface area contributed by atoms with Crippen LogP contribution in [0.15, 0.2) is 24.3 Å². The first-order chi connectivity index (χ1) is 8.27. The zero-order valence-electron chi connectivity index (χ0n) is 9.98. The van der Waals surface area contributed by atoms with Crippen LogP contribution in [0.25, 0.3) is 0 Å². The fraction of sp³-hybridized carbons (Fsp3) is 0.385. The number of hydrogen-bond acceptors (Lipinski definition) is 4. The molecule has 4 nitrogen and oxygen atoms in total. The molecule has 0 fully saturated rings. The minimum atomic E-state index is -0.513. The molecule has 0 amide bonds. The third kappa shape index (κ3) is 4.87. The predicted molar refractivity (Wildman–Crippen MR) is 63.6 cm³/mol. The van der Waals surface area contributed by atoms with Gasteiger partial charge in [-0.1, -0.05) is 13.8 Å². The van der Waals surface area contributed by atoms with Crippen molar-refractivity contribution in [3.63, 3.8) is 0 Å². The van der Waals surface area contributed by atoms with E-state index in [1.807, 2.05) is 6.92 Å². The van der Waals surface area contributed by atoms with Crippen LogP contribution in [0.5, 0.6) is 5.75 Å². The van der Waals surface area contributed by atoms with Crippen LogP contribution in [-0.4, -0.2) is 19.2 Å². The summed E-state index contributed by atoms with van der Waals surface area (Å²) in [5.41, 5.74) is 0.429. The molecule has 1 radical (unpaired) electrons. The van der Waals surface area contributed by atoms with Crippen LogP contribution in [0, 0.1) is 6.92 Å². The fourth-order valence-corrected chi connectivity index (χ4v) is 1.11. The molecule has 4 heteroatoms. The van der Waals surface area contributed by atoms with E-state index in [0.29, 0.717) is 25.2 Å². The summed E-state index contributed by atoms with van der Waals surface area (Å²) in [5.74, 6) is 0.225. The summed E-state index contributed by atoms with van der Waals surface area (Å²) in [6.07, 6.45) is 1.50. The molecule has 0 bridgehead atoms. The summed E-state index contributed by atoms with van der Waals surface area (Å²) in [5, 5.41) is 0. The summed E-state index contributed by atoms with van der Waals surface area (Å²) < 4.78 is 5.40. The average molecular weight is 237 g/mol. The zero-order valence-corrected chi connectivity index (χ0v) is 9.98. The molecule has 0 atom stereocenters. The lowest BCUT2D eigenvalue weighted by Crippen LogP contribution is -2.06. The van der Waals surface area contributed by atoms with Gasteiger partial charge in [-0.15, -0.1) is 0 Å². The maximum atomic E-state index is 11.4. The first-order valence-corrected chi connectivity index (χ1v) is 5.63. The number of carbonyl (C=O) groups is 1. The number of rotatable bonds is 7. The maximum absolute atomic E-state index is 11.4. The van der Waals surface area contributed by atoms with Gasteiger partial charge in [-0.3, -0.25) is 4.89 Å². The van der Waals surface area contributed by atoms with Crippen molar-refractivity contribution in [3.05, 3.63) is 36.8 Å². The van der Waals surface area contributed by atoms with Crippen LogP contribution in [-0.2, 0) is 9.78 Å². The van der Waals surface area contributed by atoms with Gasteiger partial charge in [0.15, 0.2) is 0 Å². The molecule has 93 valence electrons. The van der Waals surface area contributed by atoms with E-state index in [1.54, 1.807) is 24.3 Å². The highest BCUT2D eigenvalue weighted by Crippen LogP contribution is 2.13. The van der Waals surface area contributed by atoms with Gasteiger partial charge in [0.05, 0.1) is 18.8 Å². The molecule has 0 aliphatic heterocycles. The van der Waals surface area contributed by atoms with E-state index in [1.165, 1.54) is 0 Å². The Labute approximate surface area is 101 Å². The smallest absolute Gasteiger partial charge is 0.373 e. The Balaban J connectivity index is 2.46. The van der Waals surface area contributed by atoms with Gasteiger partial charge in [0.2, 0.25) is 0 Å². The van der Waals surface area contributed by atoms with Crippen molar-refractivity contribution < 1.29 is 19.3 Å². The van der Waals surface area contributed by atoms with Crippen LogP contribution in [0.1, 0.15) is 30.1 Å². The van der Waals surface area contributed by atoms with Gasteiger partial charge in [0, 0.05) is 0 Å². The lowest BCUT2D eigenvalue weighted by Gasteiger charge is -2.05. The standard InChI is InChI=1S/C13H17O4/c1-3-9-15-12-7-5-11(6-8-12)13(14)17-16-10-4-2/h5-8H,2-4,9-10H2,1H3. The molecule has 0 aliphatic rings. The van der Waals surface area contributed by atoms with Gasteiger partial charge >= 0.3 is 5.97 Å². The van der Waals surface area contributed by atoms with Crippen LogP contribution in [0.2, 0.25) is 0 Å². The molecule has 0 saturated heterocycles. The Kier molecular flexibility index (Phi) is 6.10. The minimum absolute atomic E-state index is 0.295. The van der Waals surface area contributed by atoms with Gasteiger partial charge < -0.3 is 4.74 Å². The highest BCUT2D eigenvalue weighted by molar-refractivity contribution is 5.89. The van der Waals surface area contributed by atoms with Gasteiger partial charge in [-0.25, -0.2) is 4.79 Å². The Hall–Kier alpha value is -1.55. The van der Waals surface area contributed by atoms with Crippen molar-refractivity contribution in [3.8, 4) is 5.75 Å². The van der Waals surface area contributed by atoms with Crippen molar-refractivity contribution >= 4 is 5.97 Å². The second kappa shape index (κ2) is 7.68. The van der Waals surface area contributed by atoms with Crippen LogP contribution < -0.4 is 4.74 Å². The van der Waals surface area contributed by atoms with E-state index >= 15 is 0 Å². The highest BCUT2D eigenvalue weighted by atomic mass is 17.2. The van der Waals surface area contributed by atoms with Crippen LogP contribution in [0.4, 0.5) is 0 Å². The number of ether oxygens (including phenoxy) is 1. The number of benzene rings is 1. The molecular formula is C13H17O4. The largest absolute Gasteiger partial charge is 0.494 e. The predicted octanol–water partition coefficient (Wildman–Crippen LogP) is 2.79. The van der Waals surface area contributed by atoms with E-state index in [-0.39, 0.29) is 0 Å². The Morgan fingerprint density at radius 2 is 1.94 bits per heavy atom. The van der Waals surface area contributed by atoms with Crippen molar-refractivity contribution in [2.24, 2.45) is 0 Å². The van der Waals surface area contributed by atoms with E-state index < -0.39 is 5.97 Å². The summed E-state index contributed by atoms with van der Waals surface area (Å²) in [7, 11) is 0. The summed E-state index contributed by atoms with van der Waals surface area (Å²) in [6.45, 7) is 6.55. The topological polar surface area (TPSA) is 44.8 Å². The molecule has 0 heterocycles. The molecule has 1 aromatic rings. The molecule has 1 aromatic carbocycles. The van der Waals surface area contributed by atoms with Gasteiger partial charge in [0.25, 0.3) is 0 Å². The molecule has 0 unspecified atom stereocenters. The minimum Gasteiger partial charge on any atom is -0.494 e. The first kappa shape index (κ1) is 13.5. The second-order valence-electron chi connectivity index (χ2n) is 3.42. The van der Waals surface area contributed by atoms with E-state index in [0.717, 1.165) is 12.2 Å². The zero-order chi connectivity index (χ0) is 12.5. The monoisotopic (exact) mass is 237 g/mol. The van der Waals surface area contributed by atoms with E-state index in [2.05, 4.69) is 16.7 Å². The first-order valence-electron chi connectivity index (χ1n) is 5.63. The lowest BCUT2D eigenvalue weighted by molar-refractivity contribution is -0.239. The van der Waals surface area contributed by atoms with E-state index in [4.69, 9.17) is 4.74 Å². The third-order valence-electron chi connectivity index (χ3n) is 1.93. The summed E-state index contributed by atoms with van der Waals surface area (Å²) in [4.78, 5) is 20.7. The molecule has 0 N–H and O–H groups in total. The van der Waals surface area contributed by atoms with Crippen molar-refractivity contribution in [1.82, 2.24) is 0 Å². The van der Waals surface area contributed by atoms with Gasteiger partial charge in [-0.2, -0.15) is 4.89 Å². The maximum Gasteiger partial charge on any atom is 0.373 e. The SMILES string of the molecule is [CH2]CCOOC(=O)c1ccc(OCCC)cc1. The molecule has 0 aliphatic carbocycles. The van der Waals surface area contributed by atoms with Crippen molar-refractivity contribution in [2.75, 3.05) is 13.2 Å². The number of hydrogen-bond donors (Lipinski definition) is 0. The lowest BCUT2D eigenvalue weighted by atomic mass is 10.2. The molecular weight excluding hydrogens is 220 g/mol. The average Bonchev–Trinajstić information content (AvgIpc) is 2.37. The molecule has 0 saturated carbocycles. The third-order valence-corrected chi connectivity index (χ3v) is 1.93. The van der Waals surface area contributed by atoms with Gasteiger partial charge in [-0.05, 0) is 37.1 Å². The molecule has 0 aromatic heterocycles. The second-order valence-corrected chi connectivity index (χ2v) is 3.42.